The van der Waals surface area contributed by atoms with Gasteiger partial charge in [0, 0.05) is 33.4 Å². The predicted octanol–water partition coefficient (Wildman–Crippen LogP) is 15.7. The number of furan rings is 1. The monoisotopic (exact) mass is 783 g/mol. The number of anilines is 3. The molecule has 0 unspecified atom stereocenters. The lowest BCUT2D eigenvalue weighted by Crippen LogP contribution is -2.31. The maximum absolute atomic E-state index is 7.31. The topological polar surface area (TPSA) is 16.4 Å². The van der Waals surface area contributed by atoms with Gasteiger partial charge in [-0.15, -0.1) is 0 Å². The van der Waals surface area contributed by atoms with E-state index in [-0.39, 0.29) is 0 Å². The second-order valence-corrected chi connectivity index (χ2v) is 16.7. The summed E-state index contributed by atoms with van der Waals surface area (Å²) in [5.41, 5.74) is 17.0. The fourth-order valence-corrected chi connectivity index (χ4v) is 10.8. The summed E-state index contributed by atoms with van der Waals surface area (Å²) in [4.78, 5) is 4.79. The highest BCUT2D eigenvalue weighted by atomic mass is 32.2. The zero-order chi connectivity index (χ0) is 39.6. The van der Waals surface area contributed by atoms with Crippen molar-refractivity contribution in [2.24, 2.45) is 0 Å². The van der Waals surface area contributed by atoms with Gasteiger partial charge < -0.3 is 9.32 Å². The number of benzene rings is 9. The lowest BCUT2D eigenvalue weighted by molar-refractivity contribution is 0.478. The molecule has 0 amide bonds. The Bertz CT molecular complexity index is 3160. The minimum absolute atomic E-state index is 0.564. The first-order valence-electron chi connectivity index (χ1n) is 20.5. The highest BCUT2D eigenvalue weighted by Gasteiger charge is 2.53. The molecule has 0 fully saturated rings. The first-order valence-corrected chi connectivity index (χ1v) is 21.3. The molecule has 0 N–H and O–H groups in total. The average Bonchev–Trinajstić information content (AvgIpc) is 3.84. The van der Waals surface area contributed by atoms with Crippen molar-refractivity contribution in [1.29, 1.82) is 0 Å². The molecule has 0 radical (unpaired) electrons. The molecule has 1 spiro atoms. The Balaban J connectivity index is 0.995. The van der Waals surface area contributed by atoms with Gasteiger partial charge in [0.15, 0.2) is 0 Å². The molecular weight excluding hydrogens is 747 g/mol. The summed E-state index contributed by atoms with van der Waals surface area (Å²) in [6, 6.07) is 81.2. The van der Waals surface area contributed by atoms with Crippen molar-refractivity contribution in [3.63, 3.8) is 0 Å². The maximum Gasteiger partial charge on any atom is 0.138 e. The molecule has 1 aromatic heterocycles. The van der Waals surface area contributed by atoms with E-state index in [1.165, 1.54) is 71.0 Å². The van der Waals surface area contributed by atoms with Crippen LogP contribution in [0.3, 0.4) is 0 Å². The lowest BCUT2D eigenvalue weighted by atomic mass is 9.70. The van der Waals surface area contributed by atoms with Gasteiger partial charge in [-0.3, -0.25) is 0 Å². The molecule has 0 saturated carbocycles. The van der Waals surface area contributed by atoms with Crippen LogP contribution in [0.4, 0.5) is 17.1 Å². The summed E-state index contributed by atoms with van der Waals surface area (Å²) >= 11 is 1.83. The molecule has 2 aliphatic rings. The Morgan fingerprint density at radius 1 is 0.367 bits per heavy atom. The van der Waals surface area contributed by atoms with Crippen LogP contribution in [-0.2, 0) is 5.41 Å². The van der Waals surface area contributed by atoms with E-state index in [0.29, 0.717) is 0 Å². The lowest BCUT2D eigenvalue weighted by Gasteiger charge is -2.36. The van der Waals surface area contributed by atoms with Gasteiger partial charge in [-0.05, 0) is 104 Å². The number of fused-ring (bicyclic) bond motifs is 11. The summed E-state index contributed by atoms with van der Waals surface area (Å²) in [6.45, 7) is 0. The normalized spacial score (nSPS) is 13.1. The van der Waals surface area contributed by atoms with Crippen molar-refractivity contribution in [3.05, 3.63) is 247 Å². The summed E-state index contributed by atoms with van der Waals surface area (Å²) in [5.74, 6) is 0.997. The Labute approximate surface area is 354 Å². The highest BCUT2D eigenvalue weighted by molar-refractivity contribution is 7.99. The summed E-state index contributed by atoms with van der Waals surface area (Å²) in [6.07, 6.45) is 0. The van der Waals surface area contributed by atoms with E-state index in [1.807, 2.05) is 11.8 Å². The van der Waals surface area contributed by atoms with Crippen LogP contribution in [0.5, 0.6) is 0 Å². The minimum atomic E-state index is -0.564. The first-order chi connectivity index (χ1) is 29.7. The van der Waals surface area contributed by atoms with E-state index in [0.717, 1.165) is 33.8 Å². The molecule has 0 bridgehead atoms. The Morgan fingerprint density at radius 2 is 0.783 bits per heavy atom. The molecule has 282 valence electrons. The van der Waals surface area contributed by atoms with E-state index in [4.69, 9.17) is 4.42 Å². The van der Waals surface area contributed by atoms with Crippen molar-refractivity contribution >= 4 is 39.8 Å². The van der Waals surface area contributed by atoms with Gasteiger partial charge >= 0.3 is 0 Å². The third kappa shape index (κ3) is 5.36. The molecule has 10 aromatic rings. The highest BCUT2D eigenvalue weighted by Crippen LogP contribution is 2.63. The molecular formula is C57H37NOS. The largest absolute Gasteiger partial charge is 0.458 e. The van der Waals surface area contributed by atoms with Crippen LogP contribution in [0.2, 0.25) is 0 Å². The van der Waals surface area contributed by atoms with Crippen LogP contribution >= 0.6 is 11.8 Å². The molecule has 12 rings (SSSR count). The Morgan fingerprint density at radius 3 is 1.32 bits per heavy atom. The van der Waals surface area contributed by atoms with Crippen LogP contribution in [0.25, 0.3) is 55.5 Å². The first kappa shape index (κ1) is 34.7. The third-order valence-corrected chi connectivity index (χ3v) is 13.6. The van der Waals surface area contributed by atoms with Gasteiger partial charge in [0.25, 0.3) is 0 Å². The Hall–Kier alpha value is -7.33. The van der Waals surface area contributed by atoms with Crippen LogP contribution in [-0.4, -0.2) is 0 Å². The smallest absolute Gasteiger partial charge is 0.138 e. The number of hydrogen-bond acceptors (Lipinski definition) is 3. The van der Waals surface area contributed by atoms with Crippen LogP contribution in [0.1, 0.15) is 22.5 Å². The van der Waals surface area contributed by atoms with E-state index in [9.17, 15) is 0 Å². The van der Waals surface area contributed by atoms with Crippen LogP contribution < -0.4 is 4.90 Å². The van der Waals surface area contributed by atoms with Crippen molar-refractivity contribution in [1.82, 2.24) is 0 Å². The van der Waals surface area contributed by atoms with Crippen molar-refractivity contribution in [2.75, 3.05) is 4.90 Å². The van der Waals surface area contributed by atoms with E-state index >= 15 is 0 Å². The second-order valence-electron chi connectivity index (χ2n) is 15.6. The van der Waals surface area contributed by atoms with Gasteiger partial charge in [0.1, 0.15) is 16.8 Å². The molecule has 1 aliphatic carbocycles. The zero-order valence-corrected chi connectivity index (χ0v) is 33.4. The van der Waals surface area contributed by atoms with E-state index in [1.54, 1.807) is 0 Å². The average molecular weight is 784 g/mol. The van der Waals surface area contributed by atoms with Crippen molar-refractivity contribution in [3.8, 4) is 44.5 Å². The van der Waals surface area contributed by atoms with Gasteiger partial charge in [0.2, 0.25) is 0 Å². The summed E-state index contributed by atoms with van der Waals surface area (Å²) < 4.78 is 7.31. The minimum Gasteiger partial charge on any atom is -0.458 e. The van der Waals surface area contributed by atoms with Crippen molar-refractivity contribution < 1.29 is 4.42 Å². The molecule has 9 aromatic carbocycles. The summed E-state index contributed by atoms with van der Waals surface area (Å²) in [7, 11) is 0. The fourth-order valence-electron chi connectivity index (χ4n) is 9.59. The molecule has 2 nitrogen and oxygen atoms in total. The Kier molecular flexibility index (Phi) is 8.04. The standard InChI is InChI=1S/C57H37NOS/c1-3-13-38(14-4-1)40-23-25-41(26-24-40)43-29-33-45(34-30-43)58(44-31-27-42(28-32-44)39-15-5-2-6-16-39)46-35-36-49-53(37-46)59-56-55(49)60-54-22-12-11-21-52(54)57(56)50-19-9-7-17-47(50)48-18-8-10-20-51(48)57/h1-37H. The summed E-state index contributed by atoms with van der Waals surface area (Å²) in [5, 5.41) is 1.13. The molecule has 0 saturated heterocycles. The van der Waals surface area contributed by atoms with Gasteiger partial charge in [-0.25, -0.2) is 0 Å². The maximum atomic E-state index is 7.31. The SMILES string of the molecule is c1ccc(-c2ccc(-c3ccc(N(c4ccc(-c5ccccc5)cc4)c4ccc5c6c(oc5c4)C4(c5ccccc5S6)c5ccccc5-c5ccccc54)cc3)cc2)cc1. The predicted molar refractivity (Wildman–Crippen MR) is 249 cm³/mol. The molecule has 1 aliphatic heterocycles. The van der Waals surface area contributed by atoms with E-state index < -0.39 is 5.41 Å². The van der Waals surface area contributed by atoms with Crippen LogP contribution in [0, 0.1) is 0 Å². The van der Waals surface area contributed by atoms with Crippen molar-refractivity contribution in [2.45, 2.75) is 15.2 Å². The van der Waals surface area contributed by atoms with Crippen LogP contribution in [0.15, 0.2) is 239 Å². The van der Waals surface area contributed by atoms with Gasteiger partial charge in [-0.2, -0.15) is 0 Å². The third-order valence-electron chi connectivity index (χ3n) is 12.4. The molecule has 0 atom stereocenters. The quantitative estimate of drug-likeness (QED) is 0.167. The molecule has 60 heavy (non-hydrogen) atoms. The van der Waals surface area contributed by atoms with Gasteiger partial charge in [0.05, 0.1) is 4.90 Å². The van der Waals surface area contributed by atoms with Gasteiger partial charge in [-0.1, -0.05) is 188 Å². The number of nitrogens with zero attached hydrogens (tertiary/aromatic N) is 1. The molecule has 2 heterocycles. The zero-order valence-electron chi connectivity index (χ0n) is 32.6. The number of hydrogen-bond donors (Lipinski definition) is 0. The van der Waals surface area contributed by atoms with E-state index in [2.05, 4.69) is 229 Å². The second kappa shape index (κ2) is 13.9. The fraction of sp³-hybridized carbons (Fsp3) is 0.0175. The molecule has 3 heteroatoms. The number of rotatable bonds is 6.